The van der Waals surface area contributed by atoms with E-state index in [4.69, 9.17) is 0 Å². The number of phenols is 1. The van der Waals surface area contributed by atoms with Crippen molar-refractivity contribution in [3.8, 4) is 22.6 Å². The van der Waals surface area contributed by atoms with E-state index in [0.717, 1.165) is 24.3 Å². The highest BCUT2D eigenvalue weighted by atomic mass is 19.4. The molecule has 2 aromatic rings. The van der Waals surface area contributed by atoms with Crippen LogP contribution in [0.15, 0.2) is 42.5 Å². The van der Waals surface area contributed by atoms with Crippen LogP contribution in [0, 0.1) is 0 Å². The monoisotopic (exact) mass is 322 g/mol. The Morgan fingerprint density at radius 1 is 0.773 bits per heavy atom. The first-order valence-electron chi connectivity index (χ1n) is 5.83. The van der Waals surface area contributed by atoms with E-state index >= 15 is 0 Å². The van der Waals surface area contributed by atoms with Crippen molar-refractivity contribution >= 4 is 0 Å². The normalized spacial score (nSPS) is 12.3. The van der Waals surface area contributed by atoms with Gasteiger partial charge in [-0.05, 0) is 35.4 Å². The van der Waals surface area contributed by atoms with Gasteiger partial charge in [-0.1, -0.05) is 18.2 Å². The van der Waals surface area contributed by atoms with Crippen LogP contribution in [0.1, 0.15) is 5.56 Å². The van der Waals surface area contributed by atoms with E-state index < -0.39 is 29.6 Å². The fraction of sp³-hybridized carbons (Fsp3) is 0.143. The van der Waals surface area contributed by atoms with Gasteiger partial charge in [0.05, 0.1) is 5.56 Å². The van der Waals surface area contributed by atoms with Crippen LogP contribution in [0.25, 0.3) is 11.1 Å². The van der Waals surface area contributed by atoms with E-state index in [0.29, 0.717) is 11.6 Å². The first-order chi connectivity index (χ1) is 10.1. The van der Waals surface area contributed by atoms with Crippen LogP contribution in [0.5, 0.6) is 11.5 Å². The van der Waals surface area contributed by atoms with Gasteiger partial charge in [-0.15, -0.1) is 13.2 Å². The standard InChI is InChI=1S/C14H8F6O2/c15-13(16,17)11-6-3-9(7-12(11)21)8-1-4-10(5-2-8)22-14(18,19)20/h1-7,21H. The fourth-order valence-electron chi connectivity index (χ4n) is 1.80. The van der Waals surface area contributed by atoms with Crippen LogP contribution < -0.4 is 4.74 Å². The van der Waals surface area contributed by atoms with Crippen LogP contribution in [0.2, 0.25) is 0 Å². The van der Waals surface area contributed by atoms with Crippen molar-refractivity contribution in [3.63, 3.8) is 0 Å². The molecule has 0 amide bonds. The molecule has 2 aromatic carbocycles. The summed E-state index contributed by atoms with van der Waals surface area (Å²) < 4.78 is 77.2. The van der Waals surface area contributed by atoms with Crippen molar-refractivity contribution in [1.82, 2.24) is 0 Å². The number of hydrogen-bond acceptors (Lipinski definition) is 2. The number of hydrogen-bond donors (Lipinski definition) is 1. The second kappa shape index (κ2) is 5.43. The summed E-state index contributed by atoms with van der Waals surface area (Å²) in [4.78, 5) is 0. The topological polar surface area (TPSA) is 29.5 Å². The zero-order valence-corrected chi connectivity index (χ0v) is 10.7. The van der Waals surface area contributed by atoms with Gasteiger partial charge in [0.1, 0.15) is 11.5 Å². The maximum Gasteiger partial charge on any atom is 0.573 e. The van der Waals surface area contributed by atoms with Crippen LogP contribution >= 0.6 is 0 Å². The van der Waals surface area contributed by atoms with E-state index in [2.05, 4.69) is 4.74 Å². The molecule has 118 valence electrons. The molecule has 8 heteroatoms. The van der Waals surface area contributed by atoms with Gasteiger partial charge in [0.25, 0.3) is 0 Å². The Morgan fingerprint density at radius 3 is 1.77 bits per heavy atom. The lowest BCUT2D eigenvalue weighted by molar-refractivity contribution is -0.274. The third-order valence-electron chi connectivity index (χ3n) is 2.72. The molecule has 0 heterocycles. The molecule has 0 saturated heterocycles. The fourth-order valence-corrected chi connectivity index (χ4v) is 1.80. The van der Waals surface area contributed by atoms with Gasteiger partial charge >= 0.3 is 12.5 Å². The Morgan fingerprint density at radius 2 is 1.32 bits per heavy atom. The Labute approximate surface area is 120 Å². The number of aromatic hydroxyl groups is 1. The highest BCUT2D eigenvalue weighted by Gasteiger charge is 2.34. The third-order valence-corrected chi connectivity index (χ3v) is 2.72. The van der Waals surface area contributed by atoms with E-state index in [-0.39, 0.29) is 5.56 Å². The van der Waals surface area contributed by atoms with Crippen LogP contribution in [0.4, 0.5) is 26.3 Å². The zero-order valence-electron chi connectivity index (χ0n) is 10.7. The minimum atomic E-state index is -4.83. The van der Waals surface area contributed by atoms with Gasteiger partial charge in [-0.25, -0.2) is 0 Å². The van der Waals surface area contributed by atoms with Gasteiger partial charge in [0, 0.05) is 0 Å². The molecule has 22 heavy (non-hydrogen) atoms. The molecule has 0 aliphatic heterocycles. The second-order valence-corrected chi connectivity index (χ2v) is 4.30. The molecule has 0 aliphatic rings. The molecular weight excluding hydrogens is 314 g/mol. The first kappa shape index (κ1) is 16.0. The average molecular weight is 322 g/mol. The number of alkyl halides is 6. The number of halogens is 6. The molecule has 0 atom stereocenters. The highest BCUT2D eigenvalue weighted by molar-refractivity contribution is 5.66. The molecule has 1 N–H and O–H groups in total. The number of rotatable bonds is 2. The molecule has 0 aliphatic carbocycles. The molecule has 0 spiro atoms. The lowest BCUT2D eigenvalue weighted by Gasteiger charge is -2.11. The SMILES string of the molecule is Oc1cc(-c2ccc(OC(F)(F)F)cc2)ccc1C(F)(F)F. The summed E-state index contributed by atoms with van der Waals surface area (Å²) in [5, 5.41) is 9.40. The Balaban J connectivity index is 2.28. The maximum atomic E-state index is 12.5. The lowest BCUT2D eigenvalue weighted by atomic mass is 10.0. The molecule has 0 aromatic heterocycles. The largest absolute Gasteiger partial charge is 0.573 e. The van der Waals surface area contributed by atoms with Crippen molar-refractivity contribution in [2.45, 2.75) is 12.5 Å². The molecule has 0 bridgehead atoms. The van der Waals surface area contributed by atoms with Crippen LogP contribution in [-0.2, 0) is 6.18 Å². The Kier molecular flexibility index (Phi) is 3.95. The van der Waals surface area contributed by atoms with Crippen molar-refractivity contribution in [2.24, 2.45) is 0 Å². The molecule has 2 nitrogen and oxygen atoms in total. The highest BCUT2D eigenvalue weighted by Crippen LogP contribution is 2.38. The van der Waals surface area contributed by atoms with Crippen molar-refractivity contribution in [2.75, 3.05) is 0 Å². The van der Waals surface area contributed by atoms with Gasteiger partial charge in [0.15, 0.2) is 0 Å². The second-order valence-electron chi connectivity index (χ2n) is 4.30. The molecular formula is C14H8F6O2. The van der Waals surface area contributed by atoms with E-state index in [1.54, 1.807) is 0 Å². The molecule has 0 radical (unpaired) electrons. The van der Waals surface area contributed by atoms with Gasteiger partial charge in [0.2, 0.25) is 0 Å². The maximum absolute atomic E-state index is 12.5. The van der Waals surface area contributed by atoms with Crippen molar-refractivity contribution < 1.29 is 36.2 Å². The number of phenolic OH excluding ortho intramolecular Hbond substituents is 1. The summed E-state index contributed by atoms with van der Waals surface area (Å²) in [6.07, 6.45) is -9.51. The zero-order chi connectivity index (χ0) is 16.5. The lowest BCUT2D eigenvalue weighted by Crippen LogP contribution is -2.16. The summed E-state index contributed by atoms with van der Waals surface area (Å²) in [6.45, 7) is 0. The van der Waals surface area contributed by atoms with Crippen LogP contribution in [0.3, 0.4) is 0 Å². The molecule has 0 unspecified atom stereocenters. The summed E-state index contributed by atoms with van der Waals surface area (Å²) in [6, 6.07) is 7.23. The Hall–Kier alpha value is -2.38. The summed E-state index contributed by atoms with van der Waals surface area (Å²) in [5.41, 5.74) is -0.629. The predicted molar refractivity (Wildman–Crippen MR) is 65.2 cm³/mol. The summed E-state index contributed by atoms with van der Waals surface area (Å²) in [5.74, 6) is -1.41. The first-order valence-corrected chi connectivity index (χ1v) is 5.83. The Bertz CT molecular complexity index is 659. The summed E-state index contributed by atoms with van der Waals surface area (Å²) in [7, 11) is 0. The molecule has 0 fully saturated rings. The van der Waals surface area contributed by atoms with Crippen LogP contribution in [-0.4, -0.2) is 11.5 Å². The molecule has 0 saturated carbocycles. The average Bonchev–Trinajstić information content (AvgIpc) is 2.36. The minimum absolute atomic E-state index is 0.226. The number of benzene rings is 2. The van der Waals surface area contributed by atoms with Crippen molar-refractivity contribution in [3.05, 3.63) is 48.0 Å². The van der Waals surface area contributed by atoms with Gasteiger partial charge in [-0.2, -0.15) is 13.2 Å². The van der Waals surface area contributed by atoms with E-state index in [1.807, 2.05) is 0 Å². The van der Waals surface area contributed by atoms with E-state index in [1.165, 1.54) is 12.1 Å². The predicted octanol–water partition coefficient (Wildman–Crippen LogP) is 4.98. The van der Waals surface area contributed by atoms with Gasteiger partial charge < -0.3 is 9.84 Å². The van der Waals surface area contributed by atoms with Gasteiger partial charge in [-0.3, -0.25) is 0 Å². The smallest absolute Gasteiger partial charge is 0.507 e. The quantitative estimate of drug-likeness (QED) is 0.791. The molecule has 2 rings (SSSR count). The minimum Gasteiger partial charge on any atom is -0.507 e. The number of ether oxygens (including phenoxy) is 1. The van der Waals surface area contributed by atoms with Crippen molar-refractivity contribution in [1.29, 1.82) is 0 Å². The van der Waals surface area contributed by atoms with E-state index in [9.17, 15) is 31.4 Å². The third kappa shape index (κ3) is 3.84. The summed E-state index contributed by atoms with van der Waals surface area (Å²) >= 11 is 0.